The van der Waals surface area contributed by atoms with E-state index in [9.17, 15) is 4.79 Å². The van der Waals surface area contributed by atoms with Crippen molar-refractivity contribution in [2.24, 2.45) is 0 Å². The van der Waals surface area contributed by atoms with Crippen molar-refractivity contribution in [3.8, 4) is 22.9 Å². The van der Waals surface area contributed by atoms with Crippen molar-refractivity contribution < 1.29 is 9.21 Å². The first-order valence-corrected chi connectivity index (χ1v) is 11.8. The average Bonchev–Trinajstić information content (AvgIpc) is 3.56. The van der Waals surface area contributed by atoms with Gasteiger partial charge in [0.25, 0.3) is 0 Å². The van der Waals surface area contributed by atoms with Gasteiger partial charge in [0, 0.05) is 41.6 Å². The van der Waals surface area contributed by atoms with Crippen molar-refractivity contribution in [3.63, 3.8) is 0 Å². The number of hydrogen-bond acceptors (Lipinski definition) is 6. The number of amides is 1. The number of hydrogen-bond donors (Lipinski definition) is 1. The third kappa shape index (κ3) is 5.41. The van der Waals surface area contributed by atoms with E-state index in [1.165, 1.54) is 12.1 Å². The number of anilines is 2. The number of likely N-dealkylation sites (N-methyl/N-ethyl adjacent to an activating group) is 1. The Balaban J connectivity index is 1.25. The molecule has 0 spiro atoms. The summed E-state index contributed by atoms with van der Waals surface area (Å²) in [6, 6.07) is 26.0. The zero-order valence-electron chi connectivity index (χ0n) is 20.0. The van der Waals surface area contributed by atoms with Crippen LogP contribution >= 0.6 is 0 Å². The lowest BCUT2D eigenvalue weighted by molar-refractivity contribution is -0.115. The number of benzene rings is 3. The molecule has 0 aliphatic carbocycles. The molecule has 1 amide bonds. The normalized spacial score (nSPS) is 15.5. The molecule has 1 fully saturated rings. The Kier molecular flexibility index (Phi) is 6.59. The summed E-state index contributed by atoms with van der Waals surface area (Å²) < 4.78 is 5.97. The SMILES string of the molecule is CN(C)C1CCN(c2ccc(-c3nnc(-c4cccc(NC(=O)Cc5ccccc5)c4)o3)cc2)C1. The fourth-order valence-electron chi connectivity index (χ4n) is 4.39. The van der Waals surface area contributed by atoms with Crippen LogP contribution in [0.5, 0.6) is 0 Å². The molecule has 7 heteroatoms. The summed E-state index contributed by atoms with van der Waals surface area (Å²) >= 11 is 0. The molecule has 35 heavy (non-hydrogen) atoms. The second-order valence-electron chi connectivity index (χ2n) is 9.10. The number of nitrogens with zero attached hydrogens (tertiary/aromatic N) is 4. The highest BCUT2D eigenvalue weighted by molar-refractivity contribution is 5.92. The molecule has 1 aliphatic rings. The number of carbonyl (C=O) groups is 1. The first-order chi connectivity index (χ1) is 17.0. The zero-order valence-corrected chi connectivity index (χ0v) is 20.0. The van der Waals surface area contributed by atoms with Crippen molar-refractivity contribution in [1.82, 2.24) is 15.1 Å². The summed E-state index contributed by atoms with van der Waals surface area (Å²) in [6.45, 7) is 2.10. The van der Waals surface area contributed by atoms with Crippen LogP contribution < -0.4 is 10.2 Å². The maximum absolute atomic E-state index is 12.4. The van der Waals surface area contributed by atoms with Crippen LogP contribution in [0, 0.1) is 0 Å². The highest BCUT2D eigenvalue weighted by Crippen LogP contribution is 2.28. The van der Waals surface area contributed by atoms with Crippen molar-refractivity contribution in [1.29, 1.82) is 0 Å². The maximum atomic E-state index is 12.4. The summed E-state index contributed by atoms with van der Waals surface area (Å²) in [5, 5.41) is 11.4. The monoisotopic (exact) mass is 467 g/mol. The third-order valence-electron chi connectivity index (χ3n) is 6.40. The van der Waals surface area contributed by atoms with Crippen LogP contribution in [0.3, 0.4) is 0 Å². The summed E-state index contributed by atoms with van der Waals surface area (Å²) in [5.41, 5.74) is 4.50. The molecule has 1 atom stereocenters. The Morgan fingerprint density at radius 1 is 0.971 bits per heavy atom. The number of rotatable bonds is 7. The Morgan fingerprint density at radius 3 is 2.43 bits per heavy atom. The molecule has 1 unspecified atom stereocenters. The van der Waals surface area contributed by atoms with E-state index < -0.39 is 0 Å². The minimum absolute atomic E-state index is 0.0745. The molecular weight excluding hydrogens is 438 g/mol. The van der Waals surface area contributed by atoms with E-state index in [1.54, 1.807) is 0 Å². The Morgan fingerprint density at radius 2 is 1.71 bits per heavy atom. The Bertz CT molecular complexity index is 1280. The molecule has 0 bridgehead atoms. The van der Waals surface area contributed by atoms with Crippen LogP contribution in [0.25, 0.3) is 22.9 Å². The van der Waals surface area contributed by atoms with Gasteiger partial charge in [-0.3, -0.25) is 4.79 Å². The molecule has 0 saturated carbocycles. The number of carbonyl (C=O) groups excluding carboxylic acids is 1. The van der Waals surface area contributed by atoms with Crippen molar-refractivity contribution in [2.75, 3.05) is 37.4 Å². The van der Waals surface area contributed by atoms with Crippen molar-refractivity contribution >= 4 is 17.3 Å². The van der Waals surface area contributed by atoms with E-state index in [4.69, 9.17) is 4.42 Å². The lowest BCUT2D eigenvalue weighted by atomic mass is 10.1. The molecular formula is C28H29N5O2. The van der Waals surface area contributed by atoms with Crippen LogP contribution in [0.15, 0.2) is 83.3 Å². The molecule has 7 nitrogen and oxygen atoms in total. The maximum Gasteiger partial charge on any atom is 0.248 e. The molecule has 2 heterocycles. The fourth-order valence-corrected chi connectivity index (χ4v) is 4.39. The quantitative estimate of drug-likeness (QED) is 0.424. The van der Waals surface area contributed by atoms with Crippen LogP contribution in [0.1, 0.15) is 12.0 Å². The second kappa shape index (κ2) is 10.1. The Labute approximate surface area is 205 Å². The minimum atomic E-state index is -0.0745. The molecule has 4 aromatic rings. The summed E-state index contributed by atoms with van der Waals surface area (Å²) in [4.78, 5) is 17.1. The molecule has 0 radical (unpaired) electrons. The van der Waals surface area contributed by atoms with Crippen LogP contribution in [0.2, 0.25) is 0 Å². The molecule has 3 aromatic carbocycles. The minimum Gasteiger partial charge on any atom is -0.416 e. The summed E-state index contributed by atoms with van der Waals surface area (Å²) in [7, 11) is 4.28. The van der Waals surface area contributed by atoms with Gasteiger partial charge >= 0.3 is 0 Å². The van der Waals surface area contributed by atoms with E-state index in [2.05, 4.69) is 51.5 Å². The highest BCUT2D eigenvalue weighted by atomic mass is 16.4. The van der Waals surface area contributed by atoms with Gasteiger partial charge in [0.1, 0.15) is 0 Å². The van der Waals surface area contributed by atoms with E-state index in [0.717, 1.165) is 29.8 Å². The number of aromatic nitrogens is 2. The van der Waals surface area contributed by atoms with Crippen molar-refractivity contribution in [3.05, 3.63) is 84.4 Å². The van der Waals surface area contributed by atoms with Gasteiger partial charge in [-0.25, -0.2) is 0 Å². The highest BCUT2D eigenvalue weighted by Gasteiger charge is 2.24. The van der Waals surface area contributed by atoms with Crippen LogP contribution in [0.4, 0.5) is 11.4 Å². The van der Waals surface area contributed by atoms with Gasteiger partial charge in [0.2, 0.25) is 17.7 Å². The van der Waals surface area contributed by atoms with Gasteiger partial charge in [0.05, 0.1) is 6.42 Å². The lowest BCUT2D eigenvalue weighted by Crippen LogP contribution is -2.31. The van der Waals surface area contributed by atoms with Gasteiger partial charge in [-0.05, 0) is 68.5 Å². The zero-order chi connectivity index (χ0) is 24.2. The molecule has 1 aromatic heterocycles. The molecule has 178 valence electrons. The van der Waals surface area contributed by atoms with Crippen molar-refractivity contribution in [2.45, 2.75) is 18.9 Å². The predicted molar refractivity (Wildman–Crippen MR) is 138 cm³/mol. The first-order valence-electron chi connectivity index (χ1n) is 11.8. The molecule has 1 N–H and O–H groups in total. The molecule has 1 saturated heterocycles. The standard InChI is InChI=1S/C28H29N5O2/c1-32(2)25-15-16-33(19-25)24-13-11-21(12-14-24)27-30-31-28(35-27)22-9-6-10-23(18-22)29-26(34)17-20-7-4-3-5-8-20/h3-14,18,25H,15-17,19H2,1-2H3,(H,29,34). The van der Waals surface area contributed by atoms with E-state index >= 15 is 0 Å². The average molecular weight is 468 g/mol. The first kappa shape index (κ1) is 22.8. The van der Waals surface area contributed by atoms with Gasteiger partial charge in [0.15, 0.2) is 0 Å². The third-order valence-corrected chi connectivity index (χ3v) is 6.40. The van der Waals surface area contributed by atoms with Gasteiger partial charge < -0.3 is 19.5 Å². The van der Waals surface area contributed by atoms with E-state index in [1.807, 2.05) is 66.7 Å². The molecule has 5 rings (SSSR count). The largest absolute Gasteiger partial charge is 0.416 e. The fraction of sp³-hybridized carbons (Fsp3) is 0.250. The topological polar surface area (TPSA) is 74.5 Å². The Hall–Kier alpha value is -3.97. The summed E-state index contributed by atoms with van der Waals surface area (Å²) in [5.74, 6) is 0.809. The smallest absolute Gasteiger partial charge is 0.248 e. The second-order valence-corrected chi connectivity index (χ2v) is 9.10. The lowest BCUT2D eigenvalue weighted by Gasteiger charge is -2.21. The van der Waals surface area contributed by atoms with Gasteiger partial charge in [-0.15, -0.1) is 10.2 Å². The van der Waals surface area contributed by atoms with Crippen LogP contribution in [-0.4, -0.2) is 54.2 Å². The van der Waals surface area contributed by atoms with E-state index in [-0.39, 0.29) is 5.91 Å². The molecule has 1 aliphatic heterocycles. The van der Waals surface area contributed by atoms with Crippen LogP contribution in [-0.2, 0) is 11.2 Å². The predicted octanol–water partition coefficient (Wildman–Crippen LogP) is 4.73. The number of nitrogens with one attached hydrogen (secondary N) is 1. The van der Waals surface area contributed by atoms with Gasteiger partial charge in [-0.1, -0.05) is 36.4 Å². The van der Waals surface area contributed by atoms with E-state index in [0.29, 0.717) is 29.9 Å². The summed E-state index contributed by atoms with van der Waals surface area (Å²) in [6.07, 6.45) is 1.49. The van der Waals surface area contributed by atoms with Gasteiger partial charge in [-0.2, -0.15) is 0 Å².